The first-order valence-electron chi connectivity index (χ1n) is 9.11. The largest absolute Gasteiger partial charge is 0.454 e. The molecule has 0 aliphatic carbocycles. The average Bonchev–Trinajstić information content (AvgIpc) is 3.28. The lowest BCUT2D eigenvalue weighted by atomic mass is 10.1. The summed E-state index contributed by atoms with van der Waals surface area (Å²) in [6.45, 7) is 4.78. The smallest absolute Gasteiger partial charge is 0.340 e. The van der Waals surface area contributed by atoms with Gasteiger partial charge in [-0.3, -0.25) is 9.36 Å². The second kappa shape index (κ2) is 8.66. The molecule has 1 aromatic carbocycles. The highest BCUT2D eigenvalue weighted by Crippen LogP contribution is 2.23. The van der Waals surface area contributed by atoms with Gasteiger partial charge in [0, 0.05) is 23.0 Å². The number of hydrogen-bond acceptors (Lipinski definition) is 7. The molecule has 0 saturated heterocycles. The van der Waals surface area contributed by atoms with Crippen molar-refractivity contribution in [2.24, 2.45) is 0 Å². The Morgan fingerprint density at radius 1 is 1.16 bits per heavy atom. The van der Waals surface area contributed by atoms with Gasteiger partial charge in [-0.1, -0.05) is 16.8 Å². The first-order chi connectivity index (χ1) is 14.5. The number of hydrogen-bond donors (Lipinski definition) is 1. The standard InChI is InChI=1S/C20H20ClN3O6S/c1-11-7-15(13(3)24(11)19-8-12(2)30-23-19)18(25)10-29-20(26)16-9-14(5-6-17(16)21)31(27,28)22-4/h5-9,22H,10H2,1-4H3. The summed E-state index contributed by atoms with van der Waals surface area (Å²) in [6, 6.07) is 7.04. The Morgan fingerprint density at radius 3 is 2.48 bits per heavy atom. The molecule has 0 amide bonds. The minimum absolute atomic E-state index is 0.00656. The number of halogens is 1. The van der Waals surface area contributed by atoms with Crippen LogP contribution >= 0.6 is 11.6 Å². The molecule has 1 N–H and O–H groups in total. The number of rotatable bonds is 7. The van der Waals surface area contributed by atoms with Crippen molar-refractivity contribution in [3.8, 4) is 5.82 Å². The Hall–Kier alpha value is -2.95. The zero-order valence-electron chi connectivity index (χ0n) is 17.2. The molecule has 0 unspecified atom stereocenters. The van der Waals surface area contributed by atoms with E-state index in [2.05, 4.69) is 9.88 Å². The van der Waals surface area contributed by atoms with Gasteiger partial charge < -0.3 is 9.26 Å². The van der Waals surface area contributed by atoms with Crippen molar-refractivity contribution in [1.29, 1.82) is 0 Å². The molecular weight excluding hydrogens is 446 g/mol. The van der Waals surface area contributed by atoms with Gasteiger partial charge in [-0.2, -0.15) is 0 Å². The molecule has 9 nitrogen and oxygen atoms in total. The molecule has 164 valence electrons. The molecule has 0 bridgehead atoms. The van der Waals surface area contributed by atoms with Gasteiger partial charge in [0.15, 0.2) is 12.4 Å². The Labute approximate surface area is 184 Å². The Morgan fingerprint density at radius 2 is 1.87 bits per heavy atom. The number of carbonyl (C=O) groups is 2. The van der Waals surface area contributed by atoms with Crippen LogP contribution in [0.3, 0.4) is 0 Å². The molecule has 0 fully saturated rings. The number of Topliss-reactive ketones (excluding diaryl/α,β-unsaturated/α-hetero) is 1. The van der Waals surface area contributed by atoms with Gasteiger partial charge in [-0.25, -0.2) is 17.9 Å². The van der Waals surface area contributed by atoms with Crippen LogP contribution in [-0.4, -0.2) is 43.5 Å². The number of nitrogens with one attached hydrogen (secondary N) is 1. The van der Waals surface area contributed by atoms with Crippen LogP contribution in [-0.2, 0) is 14.8 Å². The summed E-state index contributed by atoms with van der Waals surface area (Å²) in [5, 5.41) is 3.97. The van der Waals surface area contributed by atoms with E-state index in [0.717, 1.165) is 11.8 Å². The third kappa shape index (κ3) is 4.55. The minimum Gasteiger partial charge on any atom is -0.454 e. The van der Waals surface area contributed by atoms with E-state index in [1.807, 2.05) is 6.92 Å². The summed E-state index contributed by atoms with van der Waals surface area (Å²) in [5.74, 6) is -0.169. The number of ether oxygens (including phenoxy) is 1. The summed E-state index contributed by atoms with van der Waals surface area (Å²) in [4.78, 5) is 25.0. The van der Waals surface area contributed by atoms with E-state index < -0.39 is 28.4 Å². The van der Waals surface area contributed by atoms with E-state index in [1.54, 1.807) is 30.5 Å². The number of ketones is 1. The van der Waals surface area contributed by atoms with E-state index in [9.17, 15) is 18.0 Å². The van der Waals surface area contributed by atoms with Gasteiger partial charge in [-0.05, 0) is 52.1 Å². The normalized spacial score (nSPS) is 11.5. The summed E-state index contributed by atoms with van der Waals surface area (Å²) >= 11 is 6.02. The highest BCUT2D eigenvalue weighted by molar-refractivity contribution is 7.89. The van der Waals surface area contributed by atoms with Crippen LogP contribution in [0.15, 0.2) is 39.8 Å². The van der Waals surface area contributed by atoms with Crippen molar-refractivity contribution in [2.45, 2.75) is 25.7 Å². The maximum atomic E-state index is 12.7. The molecule has 0 aliphatic rings. The van der Waals surface area contributed by atoms with Crippen LogP contribution in [0.2, 0.25) is 5.02 Å². The van der Waals surface area contributed by atoms with Crippen molar-refractivity contribution in [2.75, 3.05) is 13.7 Å². The zero-order valence-corrected chi connectivity index (χ0v) is 18.8. The number of sulfonamides is 1. The fourth-order valence-corrected chi connectivity index (χ4v) is 4.04. The lowest BCUT2D eigenvalue weighted by molar-refractivity contribution is 0.0474. The van der Waals surface area contributed by atoms with Crippen LogP contribution in [0.4, 0.5) is 0 Å². The second-order valence-corrected chi connectivity index (χ2v) is 9.06. The van der Waals surface area contributed by atoms with E-state index in [0.29, 0.717) is 22.8 Å². The highest BCUT2D eigenvalue weighted by Gasteiger charge is 2.22. The van der Waals surface area contributed by atoms with Gasteiger partial charge in [0.05, 0.1) is 15.5 Å². The summed E-state index contributed by atoms with van der Waals surface area (Å²) < 4.78 is 38.0. The van der Waals surface area contributed by atoms with Gasteiger partial charge in [-0.15, -0.1) is 0 Å². The summed E-state index contributed by atoms with van der Waals surface area (Å²) in [7, 11) is -2.53. The number of benzene rings is 1. The van der Waals surface area contributed by atoms with Gasteiger partial charge in [0.1, 0.15) is 5.76 Å². The minimum atomic E-state index is -3.78. The third-order valence-corrected chi connectivity index (χ3v) is 6.39. The number of aromatic nitrogens is 2. The molecule has 3 rings (SSSR count). The fraction of sp³-hybridized carbons (Fsp3) is 0.250. The van der Waals surface area contributed by atoms with Crippen molar-refractivity contribution in [1.82, 2.24) is 14.4 Å². The van der Waals surface area contributed by atoms with Crippen molar-refractivity contribution in [3.05, 3.63) is 63.6 Å². The van der Waals surface area contributed by atoms with Gasteiger partial charge >= 0.3 is 5.97 Å². The van der Waals surface area contributed by atoms with Gasteiger partial charge in [0.2, 0.25) is 15.8 Å². The monoisotopic (exact) mass is 465 g/mol. The summed E-state index contributed by atoms with van der Waals surface area (Å²) in [5.41, 5.74) is 1.58. The second-order valence-electron chi connectivity index (χ2n) is 6.76. The molecule has 0 aliphatic heterocycles. The van der Waals surface area contributed by atoms with E-state index >= 15 is 0 Å². The van der Waals surface area contributed by atoms with Crippen molar-refractivity contribution >= 4 is 33.4 Å². The first kappa shape index (κ1) is 22.7. The molecular formula is C20H20ClN3O6S. The Balaban J connectivity index is 1.79. The number of nitrogens with zero attached hydrogens (tertiary/aromatic N) is 2. The predicted molar refractivity (Wildman–Crippen MR) is 112 cm³/mol. The van der Waals surface area contributed by atoms with Gasteiger partial charge in [0.25, 0.3) is 0 Å². The van der Waals surface area contributed by atoms with E-state index in [4.69, 9.17) is 20.9 Å². The molecule has 2 aromatic heterocycles. The Bertz CT molecular complexity index is 1280. The number of carbonyl (C=O) groups excluding carboxylic acids is 2. The summed E-state index contributed by atoms with van der Waals surface area (Å²) in [6.07, 6.45) is 0. The van der Waals surface area contributed by atoms with Crippen LogP contribution in [0, 0.1) is 20.8 Å². The van der Waals surface area contributed by atoms with Crippen molar-refractivity contribution < 1.29 is 27.3 Å². The SMILES string of the molecule is CNS(=O)(=O)c1ccc(Cl)c(C(=O)OCC(=O)c2cc(C)n(-c3cc(C)on3)c2C)c1. The van der Waals surface area contributed by atoms with E-state index in [-0.39, 0.29) is 15.5 Å². The zero-order chi connectivity index (χ0) is 22.9. The molecule has 11 heteroatoms. The quantitative estimate of drug-likeness (QED) is 0.420. The molecule has 31 heavy (non-hydrogen) atoms. The van der Waals surface area contributed by atoms with Crippen LogP contribution < -0.4 is 4.72 Å². The fourth-order valence-electron chi connectivity index (χ4n) is 3.09. The lowest BCUT2D eigenvalue weighted by Crippen LogP contribution is -2.20. The average molecular weight is 466 g/mol. The highest BCUT2D eigenvalue weighted by atomic mass is 35.5. The van der Waals surface area contributed by atoms with Crippen LogP contribution in [0.25, 0.3) is 5.82 Å². The molecule has 0 atom stereocenters. The number of esters is 1. The van der Waals surface area contributed by atoms with Crippen LogP contribution in [0.5, 0.6) is 0 Å². The Kier molecular flexibility index (Phi) is 6.35. The number of aryl methyl sites for hydroxylation is 2. The van der Waals surface area contributed by atoms with Crippen molar-refractivity contribution in [3.63, 3.8) is 0 Å². The molecule has 3 aromatic rings. The van der Waals surface area contributed by atoms with E-state index in [1.165, 1.54) is 19.2 Å². The topological polar surface area (TPSA) is 120 Å². The molecule has 0 spiro atoms. The van der Waals surface area contributed by atoms with Crippen LogP contribution in [0.1, 0.15) is 37.9 Å². The lowest BCUT2D eigenvalue weighted by Gasteiger charge is -2.09. The third-order valence-electron chi connectivity index (χ3n) is 4.65. The first-order valence-corrected chi connectivity index (χ1v) is 11.0. The predicted octanol–water partition coefficient (Wildman–Crippen LogP) is 2.99. The molecule has 0 radical (unpaired) electrons. The molecule has 2 heterocycles. The maximum Gasteiger partial charge on any atom is 0.340 e. The molecule has 0 saturated carbocycles. The maximum absolute atomic E-state index is 12.7.